The van der Waals surface area contributed by atoms with Gasteiger partial charge < -0.3 is 4.90 Å². The van der Waals surface area contributed by atoms with Crippen LogP contribution in [0.25, 0.3) is 0 Å². The fourth-order valence-corrected chi connectivity index (χ4v) is 3.16. The highest BCUT2D eigenvalue weighted by Gasteiger charge is 2.34. The number of hydrogen-bond donors (Lipinski definition) is 0. The normalized spacial score (nSPS) is 18.1. The molecule has 0 aromatic heterocycles. The zero-order valence-corrected chi connectivity index (χ0v) is 12.8. The topological polar surface area (TPSA) is 20.3 Å². The van der Waals surface area contributed by atoms with Crippen molar-refractivity contribution < 1.29 is 13.6 Å². The zero-order valence-electron chi connectivity index (χ0n) is 12.8. The molecule has 1 aliphatic heterocycles. The van der Waals surface area contributed by atoms with Crippen LogP contribution >= 0.6 is 0 Å². The lowest BCUT2D eigenvalue weighted by molar-refractivity contribution is 0.0964. The number of nitrogens with zero attached hydrogens (tertiary/aromatic N) is 1. The second-order valence-electron chi connectivity index (χ2n) is 6.06. The maximum Gasteiger partial charge on any atom is 0.164 e. The lowest BCUT2D eigenvalue weighted by atomic mass is 9.82. The summed E-state index contributed by atoms with van der Waals surface area (Å²) in [6.07, 6.45) is 3.79. The number of halogens is 2. The SMILES string of the molecule is CCC1(CC)CCN(CCC(=O)c2cc(F)cc(F)c2)C1. The number of hydrogen-bond acceptors (Lipinski definition) is 2. The Kier molecular flexibility index (Phi) is 5.09. The molecule has 1 aliphatic rings. The van der Waals surface area contributed by atoms with E-state index >= 15 is 0 Å². The molecule has 0 bridgehead atoms. The van der Waals surface area contributed by atoms with Gasteiger partial charge in [-0.1, -0.05) is 13.8 Å². The van der Waals surface area contributed by atoms with Gasteiger partial charge in [0.1, 0.15) is 11.6 Å². The van der Waals surface area contributed by atoms with Gasteiger partial charge in [-0.3, -0.25) is 4.79 Å². The monoisotopic (exact) mass is 295 g/mol. The number of carbonyl (C=O) groups excluding carboxylic acids is 1. The molecule has 4 heteroatoms. The molecular weight excluding hydrogens is 272 g/mol. The molecule has 0 spiro atoms. The summed E-state index contributed by atoms with van der Waals surface area (Å²) in [4.78, 5) is 14.3. The highest BCUT2D eigenvalue weighted by atomic mass is 19.1. The minimum atomic E-state index is -0.699. The van der Waals surface area contributed by atoms with Gasteiger partial charge in [-0.2, -0.15) is 0 Å². The fraction of sp³-hybridized carbons (Fsp3) is 0.588. The van der Waals surface area contributed by atoms with Gasteiger partial charge in [0.15, 0.2) is 5.78 Å². The van der Waals surface area contributed by atoms with Gasteiger partial charge in [-0.05, 0) is 43.4 Å². The van der Waals surface area contributed by atoms with Crippen molar-refractivity contribution in [3.8, 4) is 0 Å². The van der Waals surface area contributed by atoms with Gasteiger partial charge in [-0.25, -0.2) is 8.78 Å². The van der Waals surface area contributed by atoms with E-state index in [0.717, 1.165) is 44.1 Å². The first-order valence-corrected chi connectivity index (χ1v) is 7.69. The van der Waals surface area contributed by atoms with Gasteiger partial charge in [0, 0.05) is 31.1 Å². The number of Topliss-reactive ketones (excluding diaryl/α,β-unsaturated/α-hetero) is 1. The van der Waals surface area contributed by atoms with E-state index in [1.54, 1.807) is 0 Å². The number of carbonyl (C=O) groups is 1. The van der Waals surface area contributed by atoms with Crippen LogP contribution in [0.1, 0.15) is 49.9 Å². The van der Waals surface area contributed by atoms with E-state index in [0.29, 0.717) is 18.4 Å². The number of likely N-dealkylation sites (tertiary alicyclic amines) is 1. The zero-order chi connectivity index (χ0) is 15.5. The van der Waals surface area contributed by atoms with E-state index in [-0.39, 0.29) is 11.3 Å². The van der Waals surface area contributed by atoms with E-state index in [1.807, 2.05) is 0 Å². The summed E-state index contributed by atoms with van der Waals surface area (Å²) in [6, 6.07) is 3.00. The molecule has 1 aromatic carbocycles. The van der Waals surface area contributed by atoms with Gasteiger partial charge in [0.05, 0.1) is 0 Å². The van der Waals surface area contributed by atoms with Crippen LogP contribution in [0.3, 0.4) is 0 Å². The molecule has 2 nitrogen and oxygen atoms in total. The smallest absolute Gasteiger partial charge is 0.164 e. The molecule has 0 saturated carbocycles. The summed E-state index contributed by atoms with van der Waals surface area (Å²) in [6.45, 7) is 7.12. The summed E-state index contributed by atoms with van der Waals surface area (Å²) in [5.74, 6) is -1.59. The summed E-state index contributed by atoms with van der Waals surface area (Å²) in [5, 5.41) is 0. The summed E-state index contributed by atoms with van der Waals surface area (Å²) < 4.78 is 26.2. The van der Waals surface area contributed by atoms with Crippen LogP contribution in [0.15, 0.2) is 18.2 Å². The van der Waals surface area contributed by atoms with Crippen molar-refractivity contribution in [1.82, 2.24) is 4.90 Å². The molecule has 1 fully saturated rings. The lowest BCUT2D eigenvalue weighted by Gasteiger charge is -2.26. The molecule has 0 atom stereocenters. The van der Waals surface area contributed by atoms with Gasteiger partial charge in [-0.15, -0.1) is 0 Å². The first kappa shape index (κ1) is 16.1. The molecule has 0 unspecified atom stereocenters. The minimum Gasteiger partial charge on any atom is -0.302 e. The lowest BCUT2D eigenvalue weighted by Crippen LogP contribution is -2.28. The third kappa shape index (κ3) is 3.88. The Morgan fingerprint density at radius 1 is 1.19 bits per heavy atom. The number of ketones is 1. The summed E-state index contributed by atoms with van der Waals surface area (Å²) in [5.41, 5.74) is 0.512. The van der Waals surface area contributed by atoms with E-state index < -0.39 is 11.6 Å². The van der Waals surface area contributed by atoms with Crippen LogP contribution in [-0.2, 0) is 0 Å². The Morgan fingerprint density at radius 3 is 2.33 bits per heavy atom. The van der Waals surface area contributed by atoms with Gasteiger partial charge >= 0.3 is 0 Å². The van der Waals surface area contributed by atoms with Gasteiger partial charge in [0.25, 0.3) is 0 Å². The quantitative estimate of drug-likeness (QED) is 0.738. The predicted octanol–water partition coefficient (Wildman–Crippen LogP) is 4.05. The Bertz CT molecular complexity index is 491. The molecule has 0 amide bonds. The molecule has 1 heterocycles. The van der Waals surface area contributed by atoms with Gasteiger partial charge in [0.2, 0.25) is 0 Å². The van der Waals surface area contributed by atoms with Crippen LogP contribution in [0, 0.1) is 17.0 Å². The van der Waals surface area contributed by atoms with Crippen LogP contribution in [0.2, 0.25) is 0 Å². The summed E-state index contributed by atoms with van der Waals surface area (Å²) in [7, 11) is 0. The average Bonchev–Trinajstić information content (AvgIpc) is 2.88. The van der Waals surface area contributed by atoms with Crippen molar-refractivity contribution in [3.05, 3.63) is 35.4 Å². The second-order valence-corrected chi connectivity index (χ2v) is 6.06. The Labute approximate surface area is 125 Å². The third-order valence-electron chi connectivity index (χ3n) is 4.86. The maximum atomic E-state index is 13.1. The van der Waals surface area contributed by atoms with E-state index in [9.17, 15) is 13.6 Å². The number of rotatable bonds is 6. The molecule has 0 N–H and O–H groups in total. The molecule has 1 aromatic rings. The van der Waals surface area contributed by atoms with Crippen molar-refractivity contribution in [3.63, 3.8) is 0 Å². The highest BCUT2D eigenvalue weighted by molar-refractivity contribution is 5.96. The van der Waals surface area contributed by atoms with E-state index in [2.05, 4.69) is 18.7 Å². The van der Waals surface area contributed by atoms with Crippen molar-refractivity contribution in [2.75, 3.05) is 19.6 Å². The number of benzene rings is 1. The Morgan fingerprint density at radius 2 is 1.81 bits per heavy atom. The fourth-order valence-electron chi connectivity index (χ4n) is 3.16. The minimum absolute atomic E-state index is 0.129. The highest BCUT2D eigenvalue weighted by Crippen LogP contribution is 2.36. The maximum absolute atomic E-state index is 13.1. The average molecular weight is 295 g/mol. The standard InChI is InChI=1S/C17H23F2NO/c1-3-17(4-2)6-8-20(12-17)7-5-16(21)13-9-14(18)11-15(19)10-13/h9-11H,3-8,12H2,1-2H3. The molecule has 0 aliphatic carbocycles. The van der Waals surface area contributed by atoms with Crippen LogP contribution < -0.4 is 0 Å². The largest absolute Gasteiger partial charge is 0.302 e. The second kappa shape index (κ2) is 6.65. The molecule has 0 radical (unpaired) electrons. The van der Waals surface area contributed by atoms with Crippen molar-refractivity contribution in [2.45, 2.75) is 39.5 Å². The first-order valence-electron chi connectivity index (χ1n) is 7.69. The predicted molar refractivity (Wildman–Crippen MR) is 79.4 cm³/mol. The van der Waals surface area contributed by atoms with E-state index in [1.165, 1.54) is 6.42 Å². The Balaban J connectivity index is 1.90. The van der Waals surface area contributed by atoms with Crippen molar-refractivity contribution in [2.24, 2.45) is 5.41 Å². The molecule has 21 heavy (non-hydrogen) atoms. The third-order valence-corrected chi connectivity index (χ3v) is 4.86. The first-order chi connectivity index (χ1) is 9.98. The molecular formula is C17H23F2NO. The van der Waals surface area contributed by atoms with Crippen molar-refractivity contribution >= 4 is 5.78 Å². The molecule has 116 valence electrons. The van der Waals surface area contributed by atoms with Crippen LogP contribution in [0.4, 0.5) is 8.78 Å². The molecule has 2 rings (SSSR count). The summed E-state index contributed by atoms with van der Waals surface area (Å²) >= 11 is 0. The van der Waals surface area contributed by atoms with Crippen molar-refractivity contribution in [1.29, 1.82) is 0 Å². The van der Waals surface area contributed by atoms with Crippen LogP contribution in [-0.4, -0.2) is 30.3 Å². The Hall–Kier alpha value is -1.29. The van der Waals surface area contributed by atoms with E-state index in [4.69, 9.17) is 0 Å². The molecule has 1 saturated heterocycles. The van der Waals surface area contributed by atoms with Crippen LogP contribution in [0.5, 0.6) is 0 Å².